The first-order valence-electron chi connectivity index (χ1n) is 16.9. The predicted molar refractivity (Wildman–Crippen MR) is 194 cm³/mol. The van der Waals surface area contributed by atoms with Crippen molar-refractivity contribution in [3.8, 4) is 0 Å². The zero-order valence-electron chi connectivity index (χ0n) is 31.7. The van der Waals surface area contributed by atoms with E-state index in [1.54, 1.807) is 0 Å². The van der Waals surface area contributed by atoms with Crippen molar-refractivity contribution in [2.24, 2.45) is 23.7 Å². The number of carbonyl (C=O) groups is 4. The molecular formula is C36H50CaO14S2. The third kappa shape index (κ3) is 20.6. The number of hydrogen-bond acceptors (Lipinski definition) is 14. The van der Waals surface area contributed by atoms with Crippen LogP contribution in [-0.4, -0.2) is 114 Å². The van der Waals surface area contributed by atoms with Crippen LogP contribution in [0.4, 0.5) is 0 Å². The second-order valence-electron chi connectivity index (χ2n) is 13.7. The van der Waals surface area contributed by atoms with Crippen LogP contribution in [0.1, 0.15) is 123 Å². The van der Waals surface area contributed by atoms with Crippen molar-refractivity contribution >= 4 is 81.9 Å². The molecule has 0 fully saturated rings. The molecule has 2 rings (SSSR count). The number of benzene rings is 2. The molecule has 0 bridgehead atoms. The van der Waals surface area contributed by atoms with E-state index in [1.165, 1.54) is 12.1 Å². The fourth-order valence-corrected chi connectivity index (χ4v) is 4.93. The normalized spacial score (nSPS) is 11.4. The van der Waals surface area contributed by atoms with E-state index < -0.39 is 53.9 Å². The van der Waals surface area contributed by atoms with Gasteiger partial charge < -0.3 is 28.1 Å². The van der Waals surface area contributed by atoms with E-state index in [9.17, 15) is 45.1 Å². The molecule has 0 amide bonds. The second-order valence-corrected chi connectivity index (χ2v) is 16.4. The van der Waals surface area contributed by atoms with Gasteiger partial charge in [-0.05, 0) is 85.8 Å². The summed E-state index contributed by atoms with van der Waals surface area (Å²) in [7, 11) is -9.70. The van der Waals surface area contributed by atoms with Crippen molar-refractivity contribution in [2.75, 3.05) is 26.4 Å². The van der Waals surface area contributed by atoms with Crippen molar-refractivity contribution in [3.05, 3.63) is 58.7 Å². The van der Waals surface area contributed by atoms with Crippen LogP contribution in [0.3, 0.4) is 0 Å². The van der Waals surface area contributed by atoms with Gasteiger partial charge in [0.15, 0.2) is 0 Å². The van der Waals surface area contributed by atoms with E-state index in [1.807, 2.05) is 55.4 Å². The maximum atomic E-state index is 12.1. The molecule has 2 aromatic rings. The third-order valence-corrected chi connectivity index (χ3v) is 8.67. The Morgan fingerprint density at radius 1 is 0.453 bits per heavy atom. The molecule has 0 heterocycles. The van der Waals surface area contributed by atoms with Crippen molar-refractivity contribution in [1.29, 1.82) is 0 Å². The van der Waals surface area contributed by atoms with Gasteiger partial charge in [-0.1, -0.05) is 55.4 Å². The van der Waals surface area contributed by atoms with Gasteiger partial charge in [-0.2, -0.15) is 0 Å². The van der Waals surface area contributed by atoms with Crippen LogP contribution >= 0.6 is 0 Å². The number of carbonyl (C=O) groups excluding carboxylic acids is 4. The van der Waals surface area contributed by atoms with E-state index in [0.29, 0.717) is 49.4 Å². The Morgan fingerprint density at radius 2 is 0.642 bits per heavy atom. The van der Waals surface area contributed by atoms with E-state index in [-0.39, 0.29) is 86.4 Å². The molecule has 0 aliphatic carbocycles. The quantitative estimate of drug-likeness (QED) is 0.0773. The summed E-state index contributed by atoms with van der Waals surface area (Å²) >= 11 is 0. The molecular weight excluding hydrogens is 761 g/mol. The Hall–Kier alpha value is -2.60. The molecule has 0 N–H and O–H groups in total. The zero-order valence-corrected chi connectivity index (χ0v) is 35.5. The van der Waals surface area contributed by atoms with Gasteiger partial charge in [0.1, 0.15) is 20.2 Å². The fourth-order valence-electron chi connectivity index (χ4n) is 3.84. The molecule has 292 valence electrons. The summed E-state index contributed by atoms with van der Waals surface area (Å²) in [6.07, 6.45) is 2.54. The molecule has 0 aliphatic heterocycles. The van der Waals surface area contributed by atoms with Crippen molar-refractivity contribution < 1.29 is 64.1 Å². The first-order chi connectivity index (χ1) is 24.0. The van der Waals surface area contributed by atoms with Gasteiger partial charge in [-0.15, -0.1) is 0 Å². The molecule has 0 atom stereocenters. The van der Waals surface area contributed by atoms with Crippen LogP contribution in [-0.2, 0) is 39.2 Å². The Labute approximate surface area is 343 Å². The van der Waals surface area contributed by atoms with Crippen LogP contribution < -0.4 is 0 Å². The number of ether oxygens (including phenoxy) is 4. The van der Waals surface area contributed by atoms with Crippen molar-refractivity contribution in [3.63, 3.8) is 0 Å². The molecule has 53 heavy (non-hydrogen) atoms. The van der Waals surface area contributed by atoms with Crippen LogP contribution in [0.2, 0.25) is 0 Å². The van der Waals surface area contributed by atoms with Gasteiger partial charge in [0.25, 0.3) is 0 Å². The van der Waals surface area contributed by atoms with Crippen molar-refractivity contribution in [2.45, 2.75) is 90.9 Å². The monoisotopic (exact) mass is 810 g/mol. The van der Waals surface area contributed by atoms with Gasteiger partial charge in [0.2, 0.25) is 0 Å². The SMILES string of the molecule is CC(C)CCOC(=O)c1cc(C(=O)OCCC(C)C)cc(S(=O)(=O)[O-])c1.CC(C)CCOC(=O)c1cc(C(=O)OCCC(C)C)cc(S(=O)(=O)[O-])c1.[Ca+2]. The molecule has 0 spiro atoms. The fraction of sp³-hybridized carbons (Fsp3) is 0.556. The first-order valence-corrected chi connectivity index (χ1v) is 19.7. The molecule has 0 aromatic heterocycles. The zero-order chi connectivity index (χ0) is 39.8. The standard InChI is InChI=1S/2C18H26O7S.Ca/c2*1-12(2)5-7-24-17(19)14-9-15(11-16(10-14)26(21,22)23)18(20)25-8-6-13(3)4;/h2*9-13H,5-8H2,1-4H3,(H,21,22,23);/q;;+2/p-2. The van der Waals surface area contributed by atoms with E-state index >= 15 is 0 Å². The van der Waals surface area contributed by atoms with Gasteiger partial charge >= 0.3 is 61.6 Å². The third-order valence-electron chi connectivity index (χ3n) is 7.05. The minimum absolute atomic E-state index is 0. The van der Waals surface area contributed by atoms with Crippen LogP contribution in [0, 0.1) is 23.7 Å². The number of rotatable bonds is 18. The second kappa shape index (κ2) is 24.0. The van der Waals surface area contributed by atoms with Gasteiger partial charge in [-0.3, -0.25) is 0 Å². The van der Waals surface area contributed by atoms with Crippen molar-refractivity contribution in [1.82, 2.24) is 0 Å². The molecule has 0 unspecified atom stereocenters. The van der Waals surface area contributed by atoms with Crippen LogP contribution in [0.25, 0.3) is 0 Å². The minimum Gasteiger partial charge on any atom is -0.744 e. The molecule has 0 aliphatic rings. The Kier molecular flexibility index (Phi) is 22.8. The van der Waals surface area contributed by atoms with Gasteiger partial charge in [0, 0.05) is 0 Å². The summed E-state index contributed by atoms with van der Waals surface area (Å²) in [6.45, 7) is 16.3. The summed E-state index contributed by atoms with van der Waals surface area (Å²) in [5, 5.41) is 0. The largest absolute Gasteiger partial charge is 2.00 e. The average Bonchev–Trinajstić information content (AvgIpc) is 3.02. The Balaban J connectivity index is 0.00000100. The summed E-state index contributed by atoms with van der Waals surface area (Å²) in [5.74, 6) is -1.91. The first kappa shape index (κ1) is 50.4. The van der Waals surface area contributed by atoms with Gasteiger partial charge in [0.05, 0.1) is 58.5 Å². The predicted octanol–water partition coefficient (Wildman–Crippen LogP) is 5.61. The van der Waals surface area contributed by atoms with Gasteiger partial charge in [-0.25, -0.2) is 36.0 Å². The summed E-state index contributed by atoms with van der Waals surface area (Å²) in [6, 6.07) is 5.97. The smallest absolute Gasteiger partial charge is 0.744 e. The maximum Gasteiger partial charge on any atom is 2.00 e. The minimum atomic E-state index is -4.85. The number of esters is 4. The molecule has 0 saturated carbocycles. The summed E-state index contributed by atoms with van der Waals surface area (Å²) < 4.78 is 88.2. The molecule has 14 nitrogen and oxygen atoms in total. The summed E-state index contributed by atoms with van der Waals surface area (Å²) in [4.78, 5) is 47.1. The number of hydrogen-bond donors (Lipinski definition) is 0. The van der Waals surface area contributed by atoms with Crippen LogP contribution in [0.15, 0.2) is 46.2 Å². The molecule has 0 radical (unpaired) electrons. The van der Waals surface area contributed by atoms with E-state index in [0.717, 1.165) is 24.3 Å². The molecule has 17 heteroatoms. The maximum absolute atomic E-state index is 12.1. The molecule has 0 saturated heterocycles. The Morgan fingerprint density at radius 3 is 0.792 bits per heavy atom. The molecule has 2 aromatic carbocycles. The Bertz CT molecular complexity index is 1520. The van der Waals surface area contributed by atoms with Crippen LogP contribution in [0.5, 0.6) is 0 Å². The summed E-state index contributed by atoms with van der Waals surface area (Å²) in [5.41, 5.74) is -0.717. The topological polar surface area (TPSA) is 220 Å². The van der Waals surface area contributed by atoms with E-state index in [2.05, 4.69) is 0 Å². The average molecular weight is 811 g/mol. The van der Waals surface area contributed by atoms with E-state index in [4.69, 9.17) is 18.9 Å².